The predicted molar refractivity (Wildman–Crippen MR) is 434 cm³/mol. The molecular formula is C90H71N9O13S3. The van der Waals surface area contributed by atoms with Gasteiger partial charge in [-0.1, -0.05) is 284 Å². The second-order valence-electron chi connectivity index (χ2n) is 26.7. The molecule has 5 heterocycles. The number of hydrogen-bond acceptors (Lipinski definition) is 22. The molecule has 0 aliphatic carbocycles. The van der Waals surface area contributed by atoms with E-state index in [2.05, 4.69) is 30.9 Å². The summed E-state index contributed by atoms with van der Waals surface area (Å²) in [5, 5.41) is 17.3. The van der Waals surface area contributed by atoms with Crippen LogP contribution in [-0.4, -0.2) is 99.8 Å². The van der Waals surface area contributed by atoms with Gasteiger partial charge < -0.3 is 39.2 Å². The van der Waals surface area contributed by atoms with Crippen LogP contribution in [-0.2, 0) is 53.4 Å². The quantitative estimate of drug-likeness (QED) is 0.00531. The van der Waals surface area contributed by atoms with Crippen molar-refractivity contribution in [1.29, 1.82) is 0 Å². The Labute approximate surface area is 673 Å². The number of fused-ring (bicyclic) bond motifs is 2. The van der Waals surface area contributed by atoms with E-state index in [9.17, 15) is 14.4 Å². The minimum Gasteiger partial charge on any atom is -0.449 e. The van der Waals surface area contributed by atoms with Crippen LogP contribution in [0.25, 0.3) is 5.78 Å². The second-order valence-corrected chi connectivity index (χ2v) is 29.6. The number of hydrogen-bond donors (Lipinski definition) is 2. The number of anilines is 1. The Bertz CT molecular complexity index is 5550. The number of nitrogens with one attached hydrogen (secondary N) is 2. The minimum atomic E-state index is -1.90. The Morgan fingerprint density at radius 3 is 1.47 bits per heavy atom. The number of carbonyl (C=O) groups is 7. The molecule has 25 heteroatoms. The number of nitrogens with zero attached hydrogens (tertiary/aromatic N) is 7. The van der Waals surface area contributed by atoms with Crippen LogP contribution in [0.15, 0.2) is 324 Å². The van der Waals surface area contributed by atoms with Crippen LogP contribution in [0.5, 0.6) is 11.5 Å². The number of ether oxygens (including phenoxy) is 5. The molecular weight excluding hydrogens is 1510 g/mol. The van der Waals surface area contributed by atoms with Gasteiger partial charge >= 0.3 is 29.8 Å². The van der Waals surface area contributed by atoms with Gasteiger partial charge in [-0.15, -0.1) is 40.0 Å². The van der Waals surface area contributed by atoms with Crippen LogP contribution in [0, 0.1) is 6.92 Å². The van der Waals surface area contributed by atoms with Crippen LogP contribution in [0.3, 0.4) is 0 Å². The maximum absolute atomic E-state index is 15.9. The molecule has 13 aromatic rings. The summed E-state index contributed by atoms with van der Waals surface area (Å²) in [5.74, 6) is -6.25. The third kappa shape index (κ3) is 17.1. The van der Waals surface area contributed by atoms with E-state index in [0.717, 1.165) is 46.1 Å². The van der Waals surface area contributed by atoms with Crippen LogP contribution < -0.4 is 20.1 Å². The van der Waals surface area contributed by atoms with Crippen LogP contribution in [0.1, 0.15) is 116 Å². The van der Waals surface area contributed by atoms with Gasteiger partial charge in [0, 0.05) is 42.0 Å². The normalized spacial score (nSPS) is 14.3. The molecule has 2 aliphatic rings. The largest absolute Gasteiger partial charge is 0.449 e. The molecule has 2 amide bonds. The van der Waals surface area contributed by atoms with Gasteiger partial charge in [0.25, 0.3) is 23.4 Å². The Hall–Kier alpha value is -13.6. The van der Waals surface area contributed by atoms with E-state index >= 15 is 19.2 Å². The third-order valence-corrected chi connectivity index (χ3v) is 22.1. The predicted octanol–water partition coefficient (Wildman–Crippen LogP) is 15.7. The molecule has 2 N–H and O–H groups in total. The minimum absolute atomic E-state index is 0.0316. The first-order valence-corrected chi connectivity index (χ1v) is 39.5. The van der Waals surface area contributed by atoms with Crippen molar-refractivity contribution in [2.24, 2.45) is 5.16 Å². The topological polar surface area (TPSA) is 270 Å². The molecule has 3 aromatic heterocycles. The molecule has 3 atom stereocenters. The molecule has 0 bridgehead atoms. The fraction of sp³-hybridized carbons (Fsp3) is 0.133. The van der Waals surface area contributed by atoms with Crippen molar-refractivity contribution in [1.82, 2.24) is 34.8 Å². The maximum Gasteiger partial charge on any atom is 0.379 e. The number of amides is 2. The molecule has 10 aromatic carbocycles. The molecule has 572 valence electrons. The third-order valence-electron chi connectivity index (χ3n) is 18.9. The van der Waals surface area contributed by atoms with Crippen LogP contribution >= 0.6 is 34.9 Å². The number of carbonyl (C=O) groups excluding carboxylic acids is 7. The van der Waals surface area contributed by atoms with Gasteiger partial charge in [0.05, 0.1) is 0 Å². The Balaban J connectivity index is 0.801. The molecule has 115 heavy (non-hydrogen) atoms. The maximum atomic E-state index is 15.9. The number of thiazole rings is 1. The first-order chi connectivity index (χ1) is 56.1. The standard InChI is InChI=1S/C90H71N9O13S3/c1-56-51-73(99-88(91-56)94-81(96-99)87(106)111-79(63-39-21-8-22-40-63)64-41-23-9-24-42-64)113-53-66-54-114-84-75(83(103)98(84)76(66)85(104)109-77(59-31-13-4-14-32-59)60-33-15-5-16-34-60)93-82(102)74(70-55-115-89(92-70)95-90(67-43-25-10-26-44-67,68-45-27-11-28-46-68)69-47-29-12-30-48-69)97-112-80(65-49-50-71(107-57(2)100)72(52-65)108-58(3)101)86(105)110-78(61-35-17-6-18-36-61)62-37-19-7-20-38-62/h4-52,55,75,77-80,84H,53-54H2,1-3H3,(H,92,95)(H,93,102)/t75-,80?,84-/m1/s1. The van der Waals surface area contributed by atoms with E-state index in [1.807, 2.05) is 224 Å². The van der Waals surface area contributed by atoms with Crippen molar-refractivity contribution < 1.29 is 62.1 Å². The molecule has 15 rings (SSSR count). The summed E-state index contributed by atoms with van der Waals surface area (Å²) in [5.41, 5.74) is 5.71. The number of β-lactam (4-membered cyclic amide) rings is 1. The fourth-order valence-corrected chi connectivity index (χ4v) is 16.9. The molecule has 0 spiro atoms. The highest BCUT2D eigenvalue weighted by Crippen LogP contribution is 2.45. The number of esters is 5. The number of benzene rings is 10. The highest BCUT2D eigenvalue weighted by atomic mass is 32.2. The van der Waals surface area contributed by atoms with Gasteiger partial charge in [0.1, 0.15) is 33.4 Å². The first-order valence-electron chi connectivity index (χ1n) is 36.6. The van der Waals surface area contributed by atoms with E-state index in [1.165, 1.54) is 58.1 Å². The summed E-state index contributed by atoms with van der Waals surface area (Å²) in [6.45, 7) is 4.09. The number of rotatable bonds is 28. The van der Waals surface area contributed by atoms with Crippen LogP contribution in [0.2, 0.25) is 0 Å². The zero-order valence-electron chi connectivity index (χ0n) is 61.9. The summed E-state index contributed by atoms with van der Waals surface area (Å²) < 4.78 is 31.7. The van der Waals surface area contributed by atoms with E-state index in [-0.39, 0.29) is 51.6 Å². The number of aryl methyl sites for hydroxylation is 1. The zero-order chi connectivity index (χ0) is 79.4. The Kier molecular flexibility index (Phi) is 23.3. The van der Waals surface area contributed by atoms with Gasteiger partial charge in [-0.05, 0) is 80.8 Å². The summed E-state index contributed by atoms with van der Waals surface area (Å²) >= 11 is 3.68. The number of thioether (sulfide) groups is 2. The van der Waals surface area contributed by atoms with Gasteiger partial charge in [-0.2, -0.15) is 9.50 Å². The SMILES string of the molecule is CC(=O)Oc1ccc(C(ON=C(C(=O)N[C@@H]2C(=O)N3C(C(=O)OC(c4ccccc4)c4ccccc4)=C(CSc4cc(C)nc5nc(C(=O)OC(c6ccccc6)c6ccccc6)nn45)CS[C@H]23)c2csc(NC(c3ccccc3)(c3ccccc3)c3ccccc3)n2)C(=O)OC(c2ccccc2)c2ccccc2)cc1OC(C)=O. The second kappa shape index (κ2) is 35.0. The highest BCUT2D eigenvalue weighted by molar-refractivity contribution is 8.01. The highest BCUT2D eigenvalue weighted by Gasteiger charge is 2.55. The van der Waals surface area contributed by atoms with Crippen molar-refractivity contribution in [2.45, 2.75) is 67.2 Å². The van der Waals surface area contributed by atoms with Crippen molar-refractivity contribution >= 4 is 93.1 Å². The smallest absolute Gasteiger partial charge is 0.379 e. The molecule has 2 aliphatic heterocycles. The van der Waals surface area contributed by atoms with Crippen molar-refractivity contribution in [2.75, 3.05) is 16.8 Å². The van der Waals surface area contributed by atoms with Gasteiger partial charge in [0.15, 0.2) is 40.7 Å². The monoisotopic (exact) mass is 1580 g/mol. The van der Waals surface area contributed by atoms with E-state index < -0.39 is 88.7 Å². The lowest BCUT2D eigenvalue weighted by molar-refractivity contribution is -0.162. The summed E-state index contributed by atoms with van der Waals surface area (Å²) in [6, 6.07) is 88.8. The molecule has 1 fully saturated rings. The Morgan fingerprint density at radius 2 is 0.991 bits per heavy atom. The van der Waals surface area contributed by atoms with Gasteiger partial charge in [-0.25, -0.2) is 24.4 Å². The van der Waals surface area contributed by atoms with Crippen molar-refractivity contribution in [3.63, 3.8) is 0 Å². The molecule has 0 radical (unpaired) electrons. The number of aromatic nitrogens is 5. The average Bonchev–Trinajstić information content (AvgIpc) is 1.10. The summed E-state index contributed by atoms with van der Waals surface area (Å²) in [4.78, 5) is 124. The molecule has 22 nitrogen and oxygen atoms in total. The van der Waals surface area contributed by atoms with Crippen molar-refractivity contribution in [3.8, 4) is 11.5 Å². The lowest BCUT2D eigenvalue weighted by atomic mass is 9.77. The van der Waals surface area contributed by atoms with Gasteiger partial charge in [0.2, 0.25) is 6.10 Å². The lowest BCUT2D eigenvalue weighted by Gasteiger charge is -2.49. The molecule has 1 saturated heterocycles. The van der Waals surface area contributed by atoms with Crippen LogP contribution in [0.4, 0.5) is 5.13 Å². The van der Waals surface area contributed by atoms with Crippen molar-refractivity contribution in [3.05, 3.63) is 387 Å². The fourth-order valence-electron chi connectivity index (χ4n) is 13.6. The molecule has 0 saturated carbocycles. The summed E-state index contributed by atoms with van der Waals surface area (Å²) in [7, 11) is 0. The summed E-state index contributed by atoms with van der Waals surface area (Å²) in [6.07, 6.45) is -4.68. The lowest BCUT2D eigenvalue weighted by Crippen LogP contribution is -2.71. The van der Waals surface area contributed by atoms with Gasteiger partial charge in [-0.3, -0.25) is 24.1 Å². The average molecular weight is 1580 g/mol. The van der Waals surface area contributed by atoms with E-state index in [0.29, 0.717) is 43.7 Å². The first kappa shape index (κ1) is 76.7. The number of oxime groups is 1. The van der Waals surface area contributed by atoms with E-state index in [4.69, 9.17) is 33.5 Å². The zero-order valence-corrected chi connectivity index (χ0v) is 64.4. The molecule has 1 unspecified atom stereocenters. The van der Waals surface area contributed by atoms with E-state index in [1.54, 1.807) is 66.9 Å². The Morgan fingerprint density at radius 1 is 0.539 bits per heavy atom.